The first kappa shape index (κ1) is 11.6. The zero-order valence-corrected chi connectivity index (χ0v) is 11.7. The Morgan fingerprint density at radius 2 is 2.29 bits per heavy atom. The summed E-state index contributed by atoms with van der Waals surface area (Å²) in [6, 6.07) is 0. The lowest BCUT2D eigenvalue weighted by atomic mass is 9.65. The van der Waals surface area contributed by atoms with E-state index < -0.39 is 11.8 Å². The molecule has 0 amide bonds. The molecule has 0 unspecified atom stereocenters. The largest absolute Gasteiger partial charge is 0.509 e. The molecule has 0 aromatic carbocycles. The van der Waals surface area contributed by atoms with E-state index in [9.17, 15) is 4.79 Å². The van der Waals surface area contributed by atoms with E-state index in [1.54, 1.807) is 0 Å². The molecule has 2 aliphatic carbocycles. The minimum Gasteiger partial charge on any atom is -0.426 e. The highest BCUT2D eigenvalue weighted by Crippen LogP contribution is 2.53. The number of allylic oxidation sites excluding steroid dienone is 1. The van der Waals surface area contributed by atoms with Crippen molar-refractivity contribution < 1.29 is 14.3 Å². The van der Waals surface area contributed by atoms with E-state index in [2.05, 4.69) is 29.2 Å². The van der Waals surface area contributed by atoms with Crippen LogP contribution in [-0.4, -0.2) is 17.9 Å². The molecular formula is C13H15IO3. The molecule has 3 aliphatic rings. The topological polar surface area (TPSA) is 35.5 Å². The maximum absolute atomic E-state index is 11.5. The van der Waals surface area contributed by atoms with Crippen LogP contribution >= 0.6 is 22.6 Å². The summed E-state index contributed by atoms with van der Waals surface area (Å²) >= 11 is 2.35. The lowest BCUT2D eigenvalue weighted by Crippen LogP contribution is -2.51. The molecule has 2 fully saturated rings. The zero-order chi connectivity index (χ0) is 12.0. The fourth-order valence-corrected chi connectivity index (χ4v) is 4.49. The van der Waals surface area contributed by atoms with Crippen LogP contribution in [0.15, 0.2) is 21.8 Å². The second kappa shape index (κ2) is 4.00. The molecule has 17 heavy (non-hydrogen) atoms. The lowest BCUT2D eigenvalue weighted by molar-refractivity contribution is -0.0442. The number of hydrogen-bond donors (Lipinski definition) is 0. The predicted molar refractivity (Wildman–Crippen MR) is 71.9 cm³/mol. The number of halogens is 1. The van der Waals surface area contributed by atoms with Gasteiger partial charge in [0.2, 0.25) is 0 Å². The third kappa shape index (κ3) is 1.56. The third-order valence-corrected chi connectivity index (χ3v) is 5.29. The molecule has 1 saturated heterocycles. The quantitative estimate of drug-likeness (QED) is 0.536. The van der Waals surface area contributed by atoms with Crippen LogP contribution in [0.4, 0.5) is 4.79 Å². The average molecular weight is 346 g/mol. The van der Waals surface area contributed by atoms with Crippen LogP contribution in [0.5, 0.6) is 0 Å². The van der Waals surface area contributed by atoms with E-state index in [0.29, 0.717) is 0 Å². The van der Waals surface area contributed by atoms with E-state index in [1.807, 2.05) is 6.08 Å². The van der Waals surface area contributed by atoms with Gasteiger partial charge in [-0.1, -0.05) is 19.1 Å². The minimum atomic E-state index is -0.489. The molecule has 0 N–H and O–H groups in total. The van der Waals surface area contributed by atoms with Gasteiger partial charge in [0.1, 0.15) is 0 Å². The van der Waals surface area contributed by atoms with Crippen LogP contribution in [0.2, 0.25) is 0 Å². The molecule has 3 atom stereocenters. The molecule has 3 nitrogen and oxygen atoms in total. The summed E-state index contributed by atoms with van der Waals surface area (Å²) in [5, 5.41) is 0. The van der Waals surface area contributed by atoms with E-state index in [-0.39, 0.29) is 12.0 Å². The lowest BCUT2D eigenvalue weighted by Gasteiger charge is -2.45. The van der Waals surface area contributed by atoms with Crippen molar-refractivity contribution in [2.24, 2.45) is 5.92 Å². The van der Waals surface area contributed by atoms with Gasteiger partial charge < -0.3 is 9.47 Å². The standard InChI is InChI=1S/C13H15IO3/c1-2-8-9-5-3-4-6-13(9)11(7-10(8)14)16-12(15)17-13/h2,9,11H,1,3-7H2/t9-,11-,13+/m1/s1. The van der Waals surface area contributed by atoms with Gasteiger partial charge in [-0.2, -0.15) is 0 Å². The molecule has 92 valence electrons. The Hall–Kier alpha value is -0.520. The molecule has 0 aromatic rings. The third-order valence-electron chi connectivity index (χ3n) is 4.23. The molecular weight excluding hydrogens is 331 g/mol. The van der Waals surface area contributed by atoms with Gasteiger partial charge in [0.05, 0.1) is 0 Å². The maximum atomic E-state index is 11.5. The van der Waals surface area contributed by atoms with E-state index in [0.717, 1.165) is 25.7 Å². The van der Waals surface area contributed by atoms with Crippen LogP contribution in [0.25, 0.3) is 0 Å². The summed E-state index contributed by atoms with van der Waals surface area (Å²) < 4.78 is 12.2. The first-order chi connectivity index (χ1) is 8.17. The monoisotopic (exact) mass is 346 g/mol. The van der Waals surface area contributed by atoms with Crippen molar-refractivity contribution in [2.75, 3.05) is 0 Å². The van der Waals surface area contributed by atoms with Crippen molar-refractivity contribution in [2.45, 2.75) is 43.8 Å². The van der Waals surface area contributed by atoms with Crippen molar-refractivity contribution in [1.29, 1.82) is 0 Å². The first-order valence-corrected chi connectivity index (χ1v) is 7.16. The van der Waals surface area contributed by atoms with Crippen LogP contribution < -0.4 is 0 Å². The van der Waals surface area contributed by atoms with Gasteiger partial charge in [-0.25, -0.2) is 4.79 Å². The number of ether oxygens (including phenoxy) is 2. The molecule has 1 spiro atoms. The summed E-state index contributed by atoms with van der Waals surface area (Å²) in [6.45, 7) is 3.91. The van der Waals surface area contributed by atoms with E-state index >= 15 is 0 Å². The molecule has 0 bridgehead atoms. The van der Waals surface area contributed by atoms with Crippen molar-refractivity contribution in [3.8, 4) is 0 Å². The fourth-order valence-electron chi connectivity index (χ4n) is 3.49. The van der Waals surface area contributed by atoms with Gasteiger partial charge in [0.15, 0.2) is 11.7 Å². The van der Waals surface area contributed by atoms with Gasteiger partial charge in [-0.3, -0.25) is 0 Å². The second-order valence-electron chi connectivity index (χ2n) is 4.98. The zero-order valence-electron chi connectivity index (χ0n) is 9.58. The molecule has 0 radical (unpaired) electrons. The van der Waals surface area contributed by atoms with Crippen molar-refractivity contribution >= 4 is 28.7 Å². The van der Waals surface area contributed by atoms with Crippen molar-refractivity contribution in [1.82, 2.24) is 0 Å². The Bertz CT molecular complexity index is 415. The van der Waals surface area contributed by atoms with Gasteiger partial charge in [0.25, 0.3) is 0 Å². The normalized spacial score (nSPS) is 40.2. The molecule has 1 heterocycles. The van der Waals surface area contributed by atoms with Gasteiger partial charge in [-0.05, 0) is 51.0 Å². The Morgan fingerprint density at radius 3 is 3.06 bits per heavy atom. The molecule has 4 heteroatoms. The summed E-state index contributed by atoms with van der Waals surface area (Å²) in [5.74, 6) is 0.283. The number of hydrogen-bond acceptors (Lipinski definition) is 3. The molecule has 0 aromatic heterocycles. The van der Waals surface area contributed by atoms with Crippen LogP contribution in [0.1, 0.15) is 32.1 Å². The fraction of sp³-hybridized carbons (Fsp3) is 0.615. The minimum absolute atomic E-state index is 0.0871. The van der Waals surface area contributed by atoms with Gasteiger partial charge >= 0.3 is 6.16 Å². The highest BCUT2D eigenvalue weighted by Gasteiger charge is 2.59. The van der Waals surface area contributed by atoms with Crippen LogP contribution in [-0.2, 0) is 9.47 Å². The SMILES string of the molecule is C=CC1=C(I)C[C@H]2OC(=O)O[C@]23CCCC[C@H]13. The van der Waals surface area contributed by atoms with E-state index in [4.69, 9.17) is 9.47 Å². The average Bonchev–Trinajstić information content (AvgIpc) is 2.60. The first-order valence-electron chi connectivity index (χ1n) is 6.08. The van der Waals surface area contributed by atoms with Gasteiger partial charge in [-0.15, -0.1) is 0 Å². The number of carbonyl (C=O) groups is 1. The summed E-state index contributed by atoms with van der Waals surface area (Å²) in [6.07, 6.45) is 6.44. The van der Waals surface area contributed by atoms with Crippen LogP contribution in [0, 0.1) is 5.92 Å². The van der Waals surface area contributed by atoms with Crippen molar-refractivity contribution in [3.05, 3.63) is 21.8 Å². The molecule has 1 saturated carbocycles. The summed E-state index contributed by atoms with van der Waals surface area (Å²) in [7, 11) is 0. The second-order valence-corrected chi connectivity index (χ2v) is 6.28. The Morgan fingerprint density at radius 1 is 1.47 bits per heavy atom. The molecule has 1 aliphatic heterocycles. The summed E-state index contributed by atoms with van der Waals surface area (Å²) in [5.41, 5.74) is 0.868. The molecule has 3 rings (SSSR count). The van der Waals surface area contributed by atoms with Crippen molar-refractivity contribution in [3.63, 3.8) is 0 Å². The van der Waals surface area contributed by atoms with E-state index in [1.165, 1.54) is 15.6 Å². The van der Waals surface area contributed by atoms with Gasteiger partial charge in [0, 0.05) is 12.3 Å². The summed E-state index contributed by atoms with van der Waals surface area (Å²) in [4.78, 5) is 11.5. The maximum Gasteiger partial charge on any atom is 0.509 e. The number of carbonyl (C=O) groups excluding carboxylic acids is 1. The Kier molecular flexibility index (Phi) is 2.72. The van der Waals surface area contributed by atoms with Crippen LogP contribution in [0.3, 0.4) is 0 Å². The Labute approximate surface area is 114 Å². The number of rotatable bonds is 1. The Balaban J connectivity index is 2.07. The predicted octanol–water partition coefficient (Wildman–Crippen LogP) is 3.73. The highest BCUT2D eigenvalue weighted by atomic mass is 127. The smallest absolute Gasteiger partial charge is 0.426 e. The highest BCUT2D eigenvalue weighted by molar-refractivity contribution is 14.1.